The Labute approximate surface area is 104 Å². The fourth-order valence-corrected chi connectivity index (χ4v) is 2.67. The number of hydrogen-bond acceptors (Lipinski definition) is 5. The second kappa shape index (κ2) is 5.57. The van der Waals surface area contributed by atoms with Gasteiger partial charge in [-0.3, -0.25) is 9.69 Å². The van der Waals surface area contributed by atoms with Crippen LogP contribution >= 0.6 is 11.3 Å². The van der Waals surface area contributed by atoms with Crippen molar-refractivity contribution < 1.29 is 14.6 Å². The van der Waals surface area contributed by atoms with Crippen molar-refractivity contribution in [1.82, 2.24) is 9.88 Å². The quantitative estimate of drug-likeness (QED) is 0.879. The number of carboxylic acid groups (broad SMARTS) is 1. The molecule has 0 amide bonds. The zero-order chi connectivity index (χ0) is 12.3. The number of thiazole rings is 1. The molecule has 1 unspecified atom stereocenters. The van der Waals surface area contributed by atoms with Gasteiger partial charge in [-0.15, -0.1) is 11.3 Å². The van der Waals surface area contributed by atoms with Crippen LogP contribution in [0, 0.1) is 6.92 Å². The molecule has 94 valence electrons. The van der Waals surface area contributed by atoms with E-state index in [0.717, 1.165) is 23.8 Å². The van der Waals surface area contributed by atoms with Crippen LogP contribution in [0.4, 0.5) is 0 Å². The first kappa shape index (κ1) is 12.5. The smallest absolute Gasteiger partial charge is 0.305 e. The summed E-state index contributed by atoms with van der Waals surface area (Å²) in [6.07, 6.45) is 0.100. The highest BCUT2D eigenvalue weighted by molar-refractivity contribution is 7.09. The molecule has 1 N–H and O–H groups in total. The van der Waals surface area contributed by atoms with E-state index in [1.807, 2.05) is 12.3 Å². The summed E-state index contributed by atoms with van der Waals surface area (Å²) in [4.78, 5) is 17.5. The molecule has 2 heterocycles. The number of aryl methyl sites for hydroxylation is 1. The molecular formula is C11H16N2O3S. The van der Waals surface area contributed by atoms with Gasteiger partial charge in [0.25, 0.3) is 0 Å². The zero-order valence-electron chi connectivity index (χ0n) is 9.76. The Morgan fingerprint density at radius 3 is 2.88 bits per heavy atom. The summed E-state index contributed by atoms with van der Waals surface area (Å²) in [7, 11) is 0. The number of hydrogen-bond donors (Lipinski definition) is 1. The van der Waals surface area contributed by atoms with Gasteiger partial charge in [-0.25, -0.2) is 4.98 Å². The summed E-state index contributed by atoms with van der Waals surface area (Å²) < 4.78 is 5.29. The molecule has 0 aliphatic carbocycles. The largest absolute Gasteiger partial charge is 0.481 e. The van der Waals surface area contributed by atoms with E-state index in [1.54, 1.807) is 11.3 Å². The number of carbonyl (C=O) groups is 1. The monoisotopic (exact) mass is 256 g/mol. The molecule has 0 aromatic carbocycles. The molecule has 0 spiro atoms. The first-order valence-electron chi connectivity index (χ1n) is 5.62. The van der Waals surface area contributed by atoms with Crippen molar-refractivity contribution in [2.24, 2.45) is 0 Å². The number of aromatic nitrogens is 1. The summed E-state index contributed by atoms with van der Waals surface area (Å²) in [5.41, 5.74) is 0.872. The summed E-state index contributed by atoms with van der Waals surface area (Å²) >= 11 is 1.56. The number of aliphatic carboxylic acids is 1. The van der Waals surface area contributed by atoms with Crippen molar-refractivity contribution in [2.75, 3.05) is 26.3 Å². The molecule has 0 radical (unpaired) electrons. The lowest BCUT2D eigenvalue weighted by Crippen LogP contribution is -2.40. The van der Waals surface area contributed by atoms with Crippen LogP contribution in [0.15, 0.2) is 5.38 Å². The van der Waals surface area contributed by atoms with Crippen molar-refractivity contribution in [3.8, 4) is 0 Å². The van der Waals surface area contributed by atoms with Gasteiger partial charge in [-0.1, -0.05) is 0 Å². The maximum Gasteiger partial charge on any atom is 0.305 e. The number of rotatable bonds is 4. The van der Waals surface area contributed by atoms with Crippen LogP contribution in [0.5, 0.6) is 0 Å². The SMILES string of the molecule is Cc1nc(C(CC(=O)O)N2CCOCC2)cs1. The van der Waals surface area contributed by atoms with E-state index in [1.165, 1.54) is 0 Å². The molecule has 2 rings (SSSR count). The van der Waals surface area contributed by atoms with Gasteiger partial charge in [0.1, 0.15) is 0 Å². The molecule has 17 heavy (non-hydrogen) atoms. The van der Waals surface area contributed by atoms with Crippen LogP contribution in [-0.2, 0) is 9.53 Å². The van der Waals surface area contributed by atoms with Gasteiger partial charge >= 0.3 is 5.97 Å². The van der Waals surface area contributed by atoms with E-state index in [0.29, 0.717) is 13.2 Å². The lowest BCUT2D eigenvalue weighted by atomic mass is 10.1. The topological polar surface area (TPSA) is 62.7 Å². The molecule has 1 atom stereocenters. The Morgan fingerprint density at radius 2 is 2.35 bits per heavy atom. The van der Waals surface area contributed by atoms with Crippen LogP contribution in [0.2, 0.25) is 0 Å². The maximum absolute atomic E-state index is 11.0. The summed E-state index contributed by atoms with van der Waals surface area (Å²) in [5.74, 6) is -0.785. The highest BCUT2D eigenvalue weighted by Gasteiger charge is 2.26. The van der Waals surface area contributed by atoms with Gasteiger partial charge in [-0.2, -0.15) is 0 Å². The molecule has 1 aromatic heterocycles. The minimum absolute atomic E-state index is 0.100. The standard InChI is InChI=1S/C11H16N2O3S/c1-8-12-9(7-17-8)10(6-11(14)15)13-2-4-16-5-3-13/h7,10H,2-6H2,1H3,(H,14,15). The molecule has 0 saturated carbocycles. The van der Waals surface area contributed by atoms with Crippen molar-refractivity contribution in [2.45, 2.75) is 19.4 Å². The average Bonchev–Trinajstić information content (AvgIpc) is 2.73. The van der Waals surface area contributed by atoms with Crippen molar-refractivity contribution >= 4 is 17.3 Å². The minimum atomic E-state index is -0.785. The summed E-state index contributed by atoms with van der Waals surface area (Å²) in [5, 5.41) is 11.9. The molecule has 1 aliphatic heterocycles. The second-order valence-electron chi connectivity index (χ2n) is 4.05. The van der Waals surface area contributed by atoms with Crippen molar-refractivity contribution in [1.29, 1.82) is 0 Å². The molecule has 1 fully saturated rings. The lowest BCUT2D eigenvalue weighted by Gasteiger charge is -2.32. The number of nitrogens with zero attached hydrogens (tertiary/aromatic N) is 2. The predicted octanol–water partition coefficient (Wildman–Crippen LogP) is 1.30. The lowest BCUT2D eigenvalue weighted by molar-refractivity contribution is -0.139. The van der Waals surface area contributed by atoms with Gasteiger partial charge in [0.15, 0.2) is 0 Å². The zero-order valence-corrected chi connectivity index (χ0v) is 10.6. The highest BCUT2D eigenvalue weighted by atomic mass is 32.1. The third-order valence-corrected chi connectivity index (χ3v) is 3.62. The second-order valence-corrected chi connectivity index (χ2v) is 5.12. The van der Waals surface area contributed by atoms with Gasteiger partial charge < -0.3 is 9.84 Å². The fourth-order valence-electron chi connectivity index (χ4n) is 2.01. The third kappa shape index (κ3) is 3.24. The van der Waals surface area contributed by atoms with Gasteiger partial charge in [0.05, 0.1) is 36.4 Å². The van der Waals surface area contributed by atoms with E-state index >= 15 is 0 Å². The number of ether oxygens (including phenoxy) is 1. The Morgan fingerprint density at radius 1 is 1.65 bits per heavy atom. The molecule has 5 nitrogen and oxygen atoms in total. The minimum Gasteiger partial charge on any atom is -0.481 e. The molecule has 1 aliphatic rings. The van der Waals surface area contributed by atoms with Crippen LogP contribution in [0.3, 0.4) is 0 Å². The van der Waals surface area contributed by atoms with Crippen LogP contribution in [-0.4, -0.2) is 47.3 Å². The Balaban J connectivity index is 2.14. The average molecular weight is 256 g/mol. The van der Waals surface area contributed by atoms with Crippen LogP contribution in [0.25, 0.3) is 0 Å². The van der Waals surface area contributed by atoms with Crippen LogP contribution < -0.4 is 0 Å². The van der Waals surface area contributed by atoms with E-state index < -0.39 is 5.97 Å². The first-order chi connectivity index (χ1) is 8.16. The summed E-state index contributed by atoms with van der Waals surface area (Å²) in [6.45, 7) is 4.81. The van der Waals surface area contributed by atoms with Gasteiger partial charge in [0.2, 0.25) is 0 Å². The van der Waals surface area contributed by atoms with Crippen molar-refractivity contribution in [3.63, 3.8) is 0 Å². The van der Waals surface area contributed by atoms with E-state index in [9.17, 15) is 4.79 Å². The third-order valence-electron chi connectivity index (χ3n) is 2.83. The van der Waals surface area contributed by atoms with E-state index in [2.05, 4.69) is 9.88 Å². The summed E-state index contributed by atoms with van der Waals surface area (Å²) in [6, 6.07) is -0.124. The Hall–Kier alpha value is -0.980. The molecule has 0 bridgehead atoms. The maximum atomic E-state index is 11.0. The molecule has 6 heteroatoms. The van der Waals surface area contributed by atoms with Gasteiger partial charge in [0, 0.05) is 18.5 Å². The number of carboxylic acids is 1. The van der Waals surface area contributed by atoms with E-state index in [4.69, 9.17) is 9.84 Å². The first-order valence-corrected chi connectivity index (χ1v) is 6.50. The molecule has 1 saturated heterocycles. The Kier molecular flexibility index (Phi) is 4.09. The molecular weight excluding hydrogens is 240 g/mol. The van der Waals surface area contributed by atoms with Crippen LogP contribution in [0.1, 0.15) is 23.2 Å². The predicted molar refractivity (Wildman–Crippen MR) is 64.2 cm³/mol. The number of morpholine rings is 1. The fraction of sp³-hybridized carbons (Fsp3) is 0.636. The van der Waals surface area contributed by atoms with E-state index in [-0.39, 0.29) is 12.5 Å². The van der Waals surface area contributed by atoms with Gasteiger partial charge in [-0.05, 0) is 6.92 Å². The molecule has 1 aromatic rings. The van der Waals surface area contributed by atoms with Crippen molar-refractivity contribution in [3.05, 3.63) is 16.1 Å². The highest BCUT2D eigenvalue weighted by Crippen LogP contribution is 2.26. The normalized spacial score (nSPS) is 19.1. The Bertz CT molecular complexity index is 388.